The third-order valence-electron chi connectivity index (χ3n) is 2.71. The summed E-state index contributed by atoms with van der Waals surface area (Å²) in [7, 11) is 0. The van der Waals surface area contributed by atoms with E-state index >= 15 is 0 Å². The molecule has 18 heavy (non-hydrogen) atoms. The van der Waals surface area contributed by atoms with Gasteiger partial charge in [-0.25, -0.2) is 4.39 Å². The lowest BCUT2D eigenvalue weighted by Gasteiger charge is -2.10. The maximum Gasteiger partial charge on any atom is 0.166 e. The number of halogens is 2. The van der Waals surface area contributed by atoms with Crippen LogP contribution in [0.2, 0.25) is 0 Å². The van der Waals surface area contributed by atoms with Crippen molar-refractivity contribution in [2.24, 2.45) is 0 Å². The Bertz CT molecular complexity index is 566. The first-order chi connectivity index (χ1) is 8.60. The van der Waals surface area contributed by atoms with E-state index < -0.39 is 5.82 Å². The molecule has 0 aromatic heterocycles. The first-order valence-corrected chi connectivity index (χ1v) is 6.23. The van der Waals surface area contributed by atoms with E-state index in [1.165, 1.54) is 6.07 Å². The maximum absolute atomic E-state index is 13.8. The second-order valence-corrected chi connectivity index (χ2v) is 4.54. The molecule has 0 spiro atoms. The van der Waals surface area contributed by atoms with E-state index in [1.807, 2.05) is 32.0 Å². The van der Waals surface area contributed by atoms with Gasteiger partial charge in [0, 0.05) is 5.88 Å². The van der Waals surface area contributed by atoms with Crippen molar-refractivity contribution in [3.05, 3.63) is 58.9 Å². The highest BCUT2D eigenvalue weighted by molar-refractivity contribution is 6.17. The van der Waals surface area contributed by atoms with Crippen LogP contribution in [-0.2, 0) is 5.88 Å². The van der Waals surface area contributed by atoms with Gasteiger partial charge in [0.15, 0.2) is 11.6 Å². The van der Waals surface area contributed by atoms with Gasteiger partial charge in [-0.2, -0.15) is 0 Å². The Morgan fingerprint density at radius 3 is 2.50 bits per heavy atom. The number of hydrogen-bond donors (Lipinski definition) is 0. The van der Waals surface area contributed by atoms with Gasteiger partial charge < -0.3 is 4.74 Å². The third-order valence-corrected chi connectivity index (χ3v) is 3.02. The Hall–Kier alpha value is -1.54. The van der Waals surface area contributed by atoms with E-state index in [9.17, 15) is 4.39 Å². The average Bonchev–Trinajstić information content (AvgIpc) is 2.36. The van der Waals surface area contributed by atoms with E-state index in [0.29, 0.717) is 11.6 Å². The van der Waals surface area contributed by atoms with Gasteiger partial charge in [-0.15, -0.1) is 11.6 Å². The standard InChI is InChI=1S/C15H14ClFO/c1-10-3-4-11(2)15(7-10)18-14-6-5-12(9-16)8-13(14)17/h3-8H,9H2,1-2H3. The molecule has 0 saturated heterocycles. The molecule has 2 rings (SSSR count). The van der Waals surface area contributed by atoms with Crippen molar-refractivity contribution in [3.8, 4) is 11.5 Å². The number of hydrogen-bond acceptors (Lipinski definition) is 1. The van der Waals surface area contributed by atoms with Crippen LogP contribution in [0.3, 0.4) is 0 Å². The highest BCUT2D eigenvalue weighted by Gasteiger charge is 2.07. The van der Waals surface area contributed by atoms with Crippen LogP contribution < -0.4 is 4.74 Å². The summed E-state index contributed by atoms with van der Waals surface area (Å²) in [6, 6.07) is 10.6. The molecule has 0 aliphatic heterocycles. The SMILES string of the molecule is Cc1ccc(C)c(Oc2ccc(CCl)cc2F)c1. The van der Waals surface area contributed by atoms with Gasteiger partial charge in [0.1, 0.15) is 5.75 Å². The Labute approximate surface area is 111 Å². The fraction of sp³-hybridized carbons (Fsp3) is 0.200. The Morgan fingerprint density at radius 2 is 1.83 bits per heavy atom. The lowest BCUT2D eigenvalue weighted by Crippen LogP contribution is -1.92. The fourth-order valence-corrected chi connectivity index (χ4v) is 1.81. The molecule has 0 unspecified atom stereocenters. The topological polar surface area (TPSA) is 9.23 Å². The molecule has 0 fully saturated rings. The molecule has 0 aliphatic carbocycles. The lowest BCUT2D eigenvalue weighted by molar-refractivity contribution is 0.439. The van der Waals surface area contributed by atoms with Crippen LogP contribution >= 0.6 is 11.6 Å². The molecule has 2 aromatic rings. The zero-order valence-electron chi connectivity index (χ0n) is 10.3. The molecule has 0 radical (unpaired) electrons. The third kappa shape index (κ3) is 2.82. The van der Waals surface area contributed by atoms with Gasteiger partial charge in [0.25, 0.3) is 0 Å². The van der Waals surface area contributed by atoms with Crippen LogP contribution in [-0.4, -0.2) is 0 Å². The summed E-state index contributed by atoms with van der Waals surface area (Å²) in [6.07, 6.45) is 0. The molecule has 0 amide bonds. The van der Waals surface area contributed by atoms with Crippen LogP contribution in [0.25, 0.3) is 0 Å². The maximum atomic E-state index is 13.8. The zero-order valence-corrected chi connectivity index (χ0v) is 11.1. The summed E-state index contributed by atoms with van der Waals surface area (Å²) in [5.41, 5.74) is 2.79. The van der Waals surface area contributed by atoms with Crippen molar-refractivity contribution in [1.29, 1.82) is 0 Å². The van der Waals surface area contributed by atoms with Crippen molar-refractivity contribution < 1.29 is 9.13 Å². The normalized spacial score (nSPS) is 10.4. The molecule has 0 N–H and O–H groups in total. The van der Waals surface area contributed by atoms with Crippen molar-refractivity contribution in [1.82, 2.24) is 0 Å². The Morgan fingerprint density at radius 1 is 1.06 bits per heavy atom. The minimum Gasteiger partial charge on any atom is -0.454 e. The molecular formula is C15H14ClFO. The average molecular weight is 265 g/mol. The van der Waals surface area contributed by atoms with Gasteiger partial charge in [-0.3, -0.25) is 0 Å². The van der Waals surface area contributed by atoms with Crippen molar-refractivity contribution in [2.75, 3.05) is 0 Å². The lowest BCUT2D eigenvalue weighted by atomic mass is 10.1. The quantitative estimate of drug-likeness (QED) is 0.711. The van der Waals surface area contributed by atoms with Gasteiger partial charge >= 0.3 is 0 Å². The monoisotopic (exact) mass is 264 g/mol. The summed E-state index contributed by atoms with van der Waals surface area (Å²) in [5.74, 6) is 0.792. The van der Waals surface area contributed by atoms with E-state index in [4.69, 9.17) is 16.3 Å². The number of rotatable bonds is 3. The van der Waals surface area contributed by atoms with Gasteiger partial charge in [-0.05, 0) is 48.7 Å². The van der Waals surface area contributed by atoms with Gasteiger partial charge in [0.05, 0.1) is 0 Å². The summed E-state index contributed by atoms with van der Waals surface area (Å²) in [6.45, 7) is 3.90. The van der Waals surface area contributed by atoms with Crippen molar-refractivity contribution >= 4 is 11.6 Å². The molecule has 0 saturated carbocycles. The second kappa shape index (κ2) is 5.40. The van der Waals surface area contributed by atoms with E-state index in [0.717, 1.165) is 16.7 Å². The van der Waals surface area contributed by atoms with E-state index in [2.05, 4.69) is 0 Å². The summed E-state index contributed by atoms with van der Waals surface area (Å²) in [4.78, 5) is 0. The smallest absolute Gasteiger partial charge is 0.166 e. The molecule has 3 heteroatoms. The van der Waals surface area contributed by atoms with E-state index in [1.54, 1.807) is 12.1 Å². The Balaban J connectivity index is 2.31. The van der Waals surface area contributed by atoms with Gasteiger partial charge in [0.2, 0.25) is 0 Å². The van der Waals surface area contributed by atoms with Crippen LogP contribution in [0.5, 0.6) is 11.5 Å². The summed E-state index contributed by atoms with van der Waals surface area (Å²) >= 11 is 5.65. The highest BCUT2D eigenvalue weighted by Crippen LogP contribution is 2.28. The van der Waals surface area contributed by atoms with Crippen LogP contribution in [0.4, 0.5) is 4.39 Å². The van der Waals surface area contributed by atoms with Gasteiger partial charge in [-0.1, -0.05) is 18.2 Å². The summed E-state index contributed by atoms with van der Waals surface area (Å²) < 4.78 is 19.4. The molecule has 0 heterocycles. The fourth-order valence-electron chi connectivity index (χ4n) is 1.65. The first kappa shape index (κ1) is 12.9. The number of aryl methyl sites for hydroxylation is 2. The summed E-state index contributed by atoms with van der Waals surface area (Å²) in [5, 5.41) is 0. The van der Waals surface area contributed by atoms with Crippen molar-refractivity contribution in [2.45, 2.75) is 19.7 Å². The molecule has 0 atom stereocenters. The first-order valence-electron chi connectivity index (χ1n) is 5.69. The van der Waals surface area contributed by atoms with Crippen LogP contribution in [0, 0.1) is 19.7 Å². The Kier molecular flexibility index (Phi) is 3.87. The minimum atomic E-state index is -0.394. The molecule has 2 aromatic carbocycles. The van der Waals surface area contributed by atoms with E-state index in [-0.39, 0.29) is 5.75 Å². The molecule has 94 valence electrons. The number of alkyl halides is 1. The minimum absolute atomic E-state index is 0.220. The highest BCUT2D eigenvalue weighted by atomic mass is 35.5. The molecular weight excluding hydrogens is 251 g/mol. The molecule has 0 bridgehead atoms. The van der Waals surface area contributed by atoms with Crippen LogP contribution in [0.1, 0.15) is 16.7 Å². The molecule has 1 nitrogen and oxygen atoms in total. The predicted octanol–water partition coefficient (Wildman–Crippen LogP) is 4.97. The number of ether oxygens (including phenoxy) is 1. The molecule has 0 aliphatic rings. The zero-order chi connectivity index (χ0) is 13.1. The second-order valence-electron chi connectivity index (χ2n) is 4.27. The number of benzene rings is 2. The predicted molar refractivity (Wildman–Crippen MR) is 71.9 cm³/mol. The van der Waals surface area contributed by atoms with Crippen LogP contribution in [0.15, 0.2) is 36.4 Å². The largest absolute Gasteiger partial charge is 0.454 e. The van der Waals surface area contributed by atoms with Crippen molar-refractivity contribution in [3.63, 3.8) is 0 Å².